The van der Waals surface area contributed by atoms with Crippen LogP contribution in [-0.2, 0) is 10.0 Å². The SMILES string of the molecule is COc1ccc(C=NNc2ccc(S(=O)(=O)Nc3ccccc3)cc2[N+](=O)[O-])cc1OC. The molecule has 0 fully saturated rings. The molecule has 0 saturated carbocycles. The third kappa shape index (κ3) is 5.32. The fraction of sp³-hybridized carbons (Fsp3) is 0.0952. The van der Waals surface area contributed by atoms with Crippen molar-refractivity contribution in [2.75, 3.05) is 24.4 Å². The number of nitro benzene ring substituents is 1. The number of nitro groups is 1. The summed E-state index contributed by atoms with van der Waals surface area (Å²) in [6, 6.07) is 16.8. The van der Waals surface area contributed by atoms with Gasteiger partial charge >= 0.3 is 0 Å². The van der Waals surface area contributed by atoms with E-state index in [2.05, 4.69) is 15.2 Å². The van der Waals surface area contributed by atoms with Gasteiger partial charge in [-0.1, -0.05) is 18.2 Å². The Bertz CT molecular complexity index is 1250. The lowest BCUT2D eigenvalue weighted by atomic mass is 10.2. The van der Waals surface area contributed by atoms with Gasteiger partial charge in [0.25, 0.3) is 15.7 Å². The lowest BCUT2D eigenvalue weighted by Crippen LogP contribution is -2.13. The third-order valence-corrected chi connectivity index (χ3v) is 5.69. The Labute approximate surface area is 184 Å². The van der Waals surface area contributed by atoms with Crippen LogP contribution < -0.4 is 19.6 Å². The first-order valence-electron chi connectivity index (χ1n) is 9.21. The van der Waals surface area contributed by atoms with Gasteiger partial charge in [-0.2, -0.15) is 5.10 Å². The average Bonchev–Trinajstić information content (AvgIpc) is 2.79. The van der Waals surface area contributed by atoms with E-state index in [1.54, 1.807) is 48.5 Å². The molecule has 0 atom stereocenters. The molecule has 0 unspecified atom stereocenters. The van der Waals surface area contributed by atoms with E-state index in [1.165, 1.54) is 32.6 Å². The standard InChI is InChI=1S/C21H20N4O6S/c1-30-20-11-8-15(12-21(20)31-2)14-22-23-18-10-9-17(13-19(18)25(26)27)32(28,29)24-16-6-4-3-5-7-16/h3-14,23-24H,1-2H3. The molecule has 10 nitrogen and oxygen atoms in total. The van der Waals surface area contributed by atoms with Gasteiger partial charge in [-0.25, -0.2) is 8.42 Å². The van der Waals surface area contributed by atoms with Crippen LogP contribution in [0.4, 0.5) is 17.1 Å². The van der Waals surface area contributed by atoms with Gasteiger partial charge in [-0.3, -0.25) is 20.3 Å². The number of ether oxygens (including phenoxy) is 2. The molecule has 0 heterocycles. The van der Waals surface area contributed by atoms with E-state index in [1.807, 2.05) is 0 Å². The number of hydrogen-bond acceptors (Lipinski definition) is 8. The van der Waals surface area contributed by atoms with Gasteiger partial charge in [0.05, 0.1) is 30.3 Å². The molecule has 11 heteroatoms. The fourth-order valence-electron chi connectivity index (χ4n) is 2.75. The average molecular weight is 456 g/mol. The summed E-state index contributed by atoms with van der Waals surface area (Å²) in [5.74, 6) is 1.05. The van der Waals surface area contributed by atoms with Gasteiger partial charge in [-0.05, 0) is 48.0 Å². The van der Waals surface area contributed by atoms with Crippen molar-refractivity contribution in [3.63, 3.8) is 0 Å². The van der Waals surface area contributed by atoms with Gasteiger partial charge < -0.3 is 9.47 Å². The van der Waals surface area contributed by atoms with Gasteiger partial charge in [0.1, 0.15) is 5.69 Å². The lowest BCUT2D eigenvalue weighted by molar-refractivity contribution is -0.384. The van der Waals surface area contributed by atoms with E-state index in [0.717, 1.165) is 6.07 Å². The molecule has 2 N–H and O–H groups in total. The van der Waals surface area contributed by atoms with Gasteiger partial charge in [-0.15, -0.1) is 0 Å². The van der Waals surface area contributed by atoms with Crippen LogP contribution in [-0.4, -0.2) is 33.8 Å². The summed E-state index contributed by atoms with van der Waals surface area (Å²) in [5.41, 5.74) is 3.17. The second-order valence-corrected chi connectivity index (χ2v) is 8.07. The number of hydrogen-bond donors (Lipinski definition) is 2. The Morgan fingerprint density at radius 3 is 2.34 bits per heavy atom. The van der Waals surface area contributed by atoms with Crippen LogP contribution in [0.2, 0.25) is 0 Å². The topological polar surface area (TPSA) is 132 Å². The summed E-state index contributed by atoms with van der Waals surface area (Å²) in [5, 5.41) is 15.5. The van der Waals surface area contributed by atoms with E-state index < -0.39 is 20.6 Å². The van der Waals surface area contributed by atoms with Gasteiger partial charge in [0.15, 0.2) is 11.5 Å². The number of anilines is 2. The summed E-state index contributed by atoms with van der Waals surface area (Å²) in [6.07, 6.45) is 1.44. The Kier molecular flexibility index (Phi) is 6.90. The smallest absolute Gasteiger partial charge is 0.295 e. The van der Waals surface area contributed by atoms with Crippen molar-refractivity contribution < 1.29 is 22.8 Å². The van der Waals surface area contributed by atoms with Crippen LogP contribution >= 0.6 is 0 Å². The largest absolute Gasteiger partial charge is 0.493 e. The zero-order chi connectivity index (χ0) is 23.1. The summed E-state index contributed by atoms with van der Waals surface area (Å²) in [7, 11) is -0.988. The molecule has 3 aromatic carbocycles. The zero-order valence-electron chi connectivity index (χ0n) is 17.2. The number of nitrogens with one attached hydrogen (secondary N) is 2. The molecule has 0 bridgehead atoms. The first kappa shape index (κ1) is 22.6. The second-order valence-electron chi connectivity index (χ2n) is 6.39. The third-order valence-electron chi connectivity index (χ3n) is 4.31. The fourth-order valence-corrected chi connectivity index (χ4v) is 3.83. The minimum Gasteiger partial charge on any atom is -0.493 e. The van der Waals surface area contributed by atoms with Crippen LogP contribution in [0.1, 0.15) is 5.56 Å². The van der Waals surface area contributed by atoms with Crippen molar-refractivity contribution in [1.82, 2.24) is 0 Å². The van der Waals surface area contributed by atoms with Crippen LogP contribution in [0.25, 0.3) is 0 Å². The quantitative estimate of drug-likeness (QED) is 0.284. The highest BCUT2D eigenvalue weighted by atomic mass is 32.2. The summed E-state index contributed by atoms with van der Waals surface area (Å²) < 4.78 is 38.0. The van der Waals surface area contributed by atoms with Crippen LogP contribution in [0, 0.1) is 10.1 Å². The first-order valence-corrected chi connectivity index (χ1v) is 10.7. The number of para-hydroxylation sites is 1. The summed E-state index contributed by atoms with van der Waals surface area (Å²) >= 11 is 0. The van der Waals surface area contributed by atoms with Crippen LogP contribution in [0.15, 0.2) is 76.7 Å². The normalized spacial score (nSPS) is 11.2. The first-order chi connectivity index (χ1) is 15.3. The molecular formula is C21H20N4O6S. The lowest BCUT2D eigenvalue weighted by Gasteiger charge is -2.09. The molecule has 0 amide bonds. The molecule has 32 heavy (non-hydrogen) atoms. The minimum absolute atomic E-state index is 0.0328. The van der Waals surface area contributed by atoms with E-state index >= 15 is 0 Å². The number of benzene rings is 3. The van der Waals surface area contributed by atoms with Gasteiger partial charge in [0.2, 0.25) is 0 Å². The van der Waals surface area contributed by atoms with Crippen molar-refractivity contribution in [2.24, 2.45) is 5.10 Å². The molecule has 166 valence electrons. The Balaban J connectivity index is 1.82. The molecule has 0 saturated heterocycles. The van der Waals surface area contributed by atoms with E-state index in [4.69, 9.17) is 9.47 Å². The monoisotopic (exact) mass is 456 g/mol. The molecule has 0 aliphatic heterocycles. The summed E-state index contributed by atoms with van der Waals surface area (Å²) in [6.45, 7) is 0. The van der Waals surface area contributed by atoms with Crippen molar-refractivity contribution in [2.45, 2.75) is 4.90 Å². The van der Waals surface area contributed by atoms with Crippen molar-refractivity contribution in [3.8, 4) is 11.5 Å². The molecule has 0 aromatic heterocycles. The zero-order valence-corrected chi connectivity index (χ0v) is 18.0. The maximum absolute atomic E-state index is 12.6. The molecule has 0 aliphatic carbocycles. The number of rotatable bonds is 9. The molecule has 0 aliphatic rings. The van der Waals surface area contributed by atoms with Crippen molar-refractivity contribution >= 4 is 33.3 Å². The van der Waals surface area contributed by atoms with Gasteiger partial charge in [0, 0.05) is 11.8 Å². The highest BCUT2D eigenvalue weighted by Gasteiger charge is 2.21. The van der Waals surface area contributed by atoms with Crippen LogP contribution in [0.3, 0.4) is 0 Å². The minimum atomic E-state index is -4.01. The second kappa shape index (κ2) is 9.79. The molecule has 3 aromatic rings. The van der Waals surface area contributed by atoms with Crippen LogP contribution in [0.5, 0.6) is 11.5 Å². The highest BCUT2D eigenvalue weighted by Crippen LogP contribution is 2.29. The van der Waals surface area contributed by atoms with Crippen molar-refractivity contribution in [1.29, 1.82) is 0 Å². The molecule has 0 radical (unpaired) electrons. The Morgan fingerprint density at radius 2 is 1.69 bits per heavy atom. The predicted octanol–water partition coefficient (Wildman–Crippen LogP) is 3.86. The maximum atomic E-state index is 12.6. The maximum Gasteiger partial charge on any atom is 0.295 e. The molecule has 0 spiro atoms. The number of sulfonamides is 1. The van der Waals surface area contributed by atoms with E-state index in [0.29, 0.717) is 22.7 Å². The highest BCUT2D eigenvalue weighted by molar-refractivity contribution is 7.92. The number of nitrogens with zero attached hydrogens (tertiary/aromatic N) is 2. The summed E-state index contributed by atoms with van der Waals surface area (Å²) in [4.78, 5) is 10.6. The molecular weight excluding hydrogens is 436 g/mol. The predicted molar refractivity (Wildman–Crippen MR) is 121 cm³/mol. The number of hydrazone groups is 1. The van der Waals surface area contributed by atoms with E-state index in [-0.39, 0.29) is 10.6 Å². The van der Waals surface area contributed by atoms with Crippen molar-refractivity contribution in [3.05, 3.63) is 82.4 Å². The molecule has 3 rings (SSSR count). The Hall–Kier alpha value is -4.12. The van der Waals surface area contributed by atoms with E-state index in [9.17, 15) is 18.5 Å². The number of methoxy groups -OCH3 is 2. The Morgan fingerprint density at radius 1 is 0.969 bits per heavy atom.